The van der Waals surface area contributed by atoms with Crippen LogP contribution in [0.25, 0.3) is 0 Å². The molecule has 20 heavy (non-hydrogen) atoms. The van der Waals surface area contributed by atoms with E-state index in [2.05, 4.69) is 0 Å². The fraction of sp³-hybridized carbons (Fsp3) is 0.188. The monoisotopic (exact) mass is 272 g/mol. The van der Waals surface area contributed by atoms with Crippen LogP contribution in [0.2, 0.25) is 0 Å². The van der Waals surface area contributed by atoms with Crippen LogP contribution in [-0.4, -0.2) is 17.7 Å². The van der Waals surface area contributed by atoms with Crippen LogP contribution in [0.3, 0.4) is 0 Å². The van der Waals surface area contributed by atoms with Gasteiger partial charge in [-0.15, -0.1) is 0 Å². The third kappa shape index (κ3) is 3.51. The lowest BCUT2D eigenvalue weighted by molar-refractivity contribution is 0.0468. The van der Waals surface area contributed by atoms with Gasteiger partial charge in [0.2, 0.25) is 0 Å². The largest absolute Gasteiger partial charge is 0.508 e. The van der Waals surface area contributed by atoms with Crippen molar-refractivity contribution in [2.45, 2.75) is 13.5 Å². The second-order valence-corrected chi connectivity index (χ2v) is 4.18. The Balaban J connectivity index is 2.09. The average Bonchev–Trinajstić information content (AvgIpc) is 2.46. The molecule has 0 bridgehead atoms. The van der Waals surface area contributed by atoms with Crippen molar-refractivity contribution < 1.29 is 19.4 Å². The van der Waals surface area contributed by atoms with E-state index >= 15 is 0 Å². The molecule has 0 amide bonds. The van der Waals surface area contributed by atoms with Gasteiger partial charge in [0.15, 0.2) is 0 Å². The molecule has 0 aliphatic heterocycles. The molecule has 0 aliphatic carbocycles. The van der Waals surface area contributed by atoms with E-state index in [0.717, 1.165) is 5.56 Å². The maximum atomic E-state index is 12.0. The summed E-state index contributed by atoms with van der Waals surface area (Å²) in [7, 11) is 0. The van der Waals surface area contributed by atoms with Crippen LogP contribution in [0.4, 0.5) is 0 Å². The van der Waals surface area contributed by atoms with Gasteiger partial charge in [-0.1, -0.05) is 30.3 Å². The molecular formula is C16H16O4. The fourth-order valence-corrected chi connectivity index (χ4v) is 1.76. The first kappa shape index (κ1) is 13.9. The number of phenolic OH excluding ortho intramolecular Hbond substituents is 1. The lowest BCUT2D eigenvalue weighted by Crippen LogP contribution is -2.08. The number of hydrogen-bond donors (Lipinski definition) is 1. The normalized spacial score (nSPS) is 10.1. The molecule has 0 heterocycles. The number of carbonyl (C=O) groups is 1. The predicted octanol–water partition coefficient (Wildman–Crippen LogP) is 3.15. The van der Waals surface area contributed by atoms with Gasteiger partial charge in [0.25, 0.3) is 0 Å². The number of aromatic hydroxyl groups is 1. The quantitative estimate of drug-likeness (QED) is 0.849. The van der Waals surface area contributed by atoms with Crippen LogP contribution in [0.15, 0.2) is 48.5 Å². The van der Waals surface area contributed by atoms with Gasteiger partial charge in [0, 0.05) is 6.07 Å². The Morgan fingerprint density at radius 3 is 2.60 bits per heavy atom. The molecule has 104 valence electrons. The first-order valence-electron chi connectivity index (χ1n) is 6.37. The smallest absolute Gasteiger partial charge is 0.342 e. The summed E-state index contributed by atoms with van der Waals surface area (Å²) in [4.78, 5) is 12.0. The molecule has 0 aliphatic rings. The predicted molar refractivity (Wildman–Crippen MR) is 74.8 cm³/mol. The van der Waals surface area contributed by atoms with Gasteiger partial charge in [-0.25, -0.2) is 4.79 Å². The molecule has 0 unspecified atom stereocenters. The standard InChI is InChI=1S/C16H16O4/c1-2-19-15-10-13(17)8-9-14(15)16(18)20-11-12-6-4-3-5-7-12/h3-10,17H,2,11H2,1H3. The van der Waals surface area contributed by atoms with E-state index in [4.69, 9.17) is 9.47 Å². The molecule has 1 N–H and O–H groups in total. The summed E-state index contributed by atoms with van der Waals surface area (Å²) in [5, 5.41) is 9.42. The highest BCUT2D eigenvalue weighted by atomic mass is 16.5. The van der Waals surface area contributed by atoms with E-state index < -0.39 is 5.97 Å². The summed E-state index contributed by atoms with van der Waals surface area (Å²) in [6, 6.07) is 13.8. The summed E-state index contributed by atoms with van der Waals surface area (Å²) >= 11 is 0. The van der Waals surface area contributed by atoms with Crippen LogP contribution in [-0.2, 0) is 11.3 Å². The topological polar surface area (TPSA) is 55.8 Å². The van der Waals surface area contributed by atoms with Crippen LogP contribution >= 0.6 is 0 Å². The number of benzene rings is 2. The molecule has 2 aromatic rings. The minimum absolute atomic E-state index is 0.0491. The lowest BCUT2D eigenvalue weighted by Gasteiger charge is -2.10. The second kappa shape index (κ2) is 6.61. The van der Waals surface area contributed by atoms with Gasteiger partial charge in [0.05, 0.1) is 6.61 Å². The molecule has 0 atom stereocenters. The van der Waals surface area contributed by atoms with Gasteiger partial charge >= 0.3 is 5.97 Å². The molecule has 4 heteroatoms. The number of esters is 1. The molecule has 2 aromatic carbocycles. The molecular weight excluding hydrogens is 256 g/mol. The van der Waals surface area contributed by atoms with Crippen LogP contribution in [0.1, 0.15) is 22.8 Å². The fourth-order valence-electron chi connectivity index (χ4n) is 1.76. The molecule has 4 nitrogen and oxygen atoms in total. The first-order chi connectivity index (χ1) is 9.70. The Hall–Kier alpha value is -2.49. The molecule has 0 fully saturated rings. The summed E-state index contributed by atoms with van der Waals surface area (Å²) in [6.07, 6.45) is 0. The zero-order valence-electron chi connectivity index (χ0n) is 11.2. The number of rotatable bonds is 5. The van der Waals surface area contributed by atoms with Gasteiger partial charge in [-0.05, 0) is 24.6 Å². The number of phenols is 1. The molecule has 0 saturated heterocycles. The summed E-state index contributed by atoms with van der Waals surface area (Å²) in [5.74, 6) is -0.101. The van der Waals surface area contributed by atoms with Gasteiger partial charge in [-0.3, -0.25) is 0 Å². The Bertz CT molecular complexity index is 578. The average molecular weight is 272 g/mol. The minimum atomic E-state index is -0.475. The van der Waals surface area contributed by atoms with Crippen molar-refractivity contribution in [3.63, 3.8) is 0 Å². The summed E-state index contributed by atoms with van der Waals surface area (Å²) < 4.78 is 10.6. The first-order valence-corrected chi connectivity index (χ1v) is 6.37. The van der Waals surface area contributed by atoms with Crippen LogP contribution < -0.4 is 4.74 Å². The highest BCUT2D eigenvalue weighted by Crippen LogP contribution is 2.25. The van der Waals surface area contributed by atoms with E-state index in [0.29, 0.717) is 17.9 Å². The Morgan fingerprint density at radius 1 is 1.15 bits per heavy atom. The number of ether oxygens (including phenoxy) is 2. The van der Waals surface area contributed by atoms with Crippen molar-refractivity contribution in [2.24, 2.45) is 0 Å². The van der Waals surface area contributed by atoms with Crippen molar-refractivity contribution >= 4 is 5.97 Å². The van der Waals surface area contributed by atoms with Crippen LogP contribution in [0, 0.1) is 0 Å². The van der Waals surface area contributed by atoms with E-state index in [-0.39, 0.29) is 12.4 Å². The molecule has 0 spiro atoms. The lowest BCUT2D eigenvalue weighted by atomic mass is 10.2. The van der Waals surface area contributed by atoms with Crippen LogP contribution in [0.5, 0.6) is 11.5 Å². The zero-order valence-corrected chi connectivity index (χ0v) is 11.2. The third-order valence-electron chi connectivity index (χ3n) is 2.70. The molecule has 2 rings (SSSR count). The van der Waals surface area contributed by atoms with Crippen molar-refractivity contribution in [1.82, 2.24) is 0 Å². The van der Waals surface area contributed by atoms with E-state index in [1.165, 1.54) is 18.2 Å². The summed E-state index contributed by atoms with van der Waals surface area (Å²) in [6.45, 7) is 2.41. The van der Waals surface area contributed by atoms with E-state index in [1.807, 2.05) is 37.3 Å². The van der Waals surface area contributed by atoms with Gasteiger partial charge in [-0.2, -0.15) is 0 Å². The van der Waals surface area contributed by atoms with E-state index in [1.54, 1.807) is 0 Å². The number of carbonyl (C=O) groups excluding carboxylic acids is 1. The van der Waals surface area contributed by atoms with Crippen molar-refractivity contribution in [1.29, 1.82) is 0 Å². The maximum Gasteiger partial charge on any atom is 0.342 e. The van der Waals surface area contributed by atoms with E-state index in [9.17, 15) is 9.90 Å². The SMILES string of the molecule is CCOc1cc(O)ccc1C(=O)OCc1ccccc1. The molecule has 0 aromatic heterocycles. The van der Waals surface area contributed by atoms with Gasteiger partial charge in [0.1, 0.15) is 23.7 Å². The molecule has 0 saturated carbocycles. The van der Waals surface area contributed by atoms with Gasteiger partial charge < -0.3 is 14.6 Å². The Labute approximate surface area is 117 Å². The second-order valence-electron chi connectivity index (χ2n) is 4.18. The maximum absolute atomic E-state index is 12.0. The Kier molecular flexibility index (Phi) is 4.60. The van der Waals surface area contributed by atoms with Crippen molar-refractivity contribution in [3.05, 3.63) is 59.7 Å². The van der Waals surface area contributed by atoms with Crippen molar-refractivity contribution in [2.75, 3.05) is 6.61 Å². The third-order valence-corrected chi connectivity index (χ3v) is 2.70. The van der Waals surface area contributed by atoms with Crippen molar-refractivity contribution in [3.8, 4) is 11.5 Å². The highest BCUT2D eigenvalue weighted by Gasteiger charge is 2.14. The summed E-state index contributed by atoms with van der Waals surface area (Å²) in [5.41, 5.74) is 1.22. The highest BCUT2D eigenvalue weighted by molar-refractivity contribution is 5.92. The number of hydrogen-bond acceptors (Lipinski definition) is 4. The molecule has 0 radical (unpaired) electrons. The zero-order chi connectivity index (χ0) is 14.4. The minimum Gasteiger partial charge on any atom is -0.508 e. The Morgan fingerprint density at radius 2 is 1.90 bits per heavy atom.